The molecule has 2 aliphatic carbocycles. The van der Waals surface area contributed by atoms with Gasteiger partial charge in [0.1, 0.15) is 5.82 Å². The minimum Gasteiger partial charge on any atom is -0.207 e. The van der Waals surface area contributed by atoms with Gasteiger partial charge in [0.05, 0.1) is 5.41 Å². The van der Waals surface area contributed by atoms with Gasteiger partial charge in [-0.15, -0.1) is 0 Å². The predicted octanol–water partition coefficient (Wildman–Crippen LogP) is 6.67. The van der Waals surface area contributed by atoms with Crippen molar-refractivity contribution in [2.24, 2.45) is 0 Å². The van der Waals surface area contributed by atoms with E-state index in [9.17, 15) is 4.39 Å². The molecule has 1 heteroatoms. The van der Waals surface area contributed by atoms with E-state index < -0.39 is 5.41 Å². The van der Waals surface area contributed by atoms with Crippen LogP contribution in [0, 0.1) is 5.82 Å². The second kappa shape index (κ2) is 5.92. The van der Waals surface area contributed by atoms with Gasteiger partial charge in [-0.2, -0.15) is 0 Å². The normalized spacial score (nSPS) is 23.9. The van der Waals surface area contributed by atoms with Crippen LogP contribution < -0.4 is 0 Å². The molecule has 0 bridgehead atoms. The van der Waals surface area contributed by atoms with E-state index in [0.717, 1.165) is 16.7 Å². The predicted molar refractivity (Wildman–Crippen MR) is 110 cm³/mol. The molecule has 0 saturated carbocycles. The van der Waals surface area contributed by atoms with Gasteiger partial charge < -0.3 is 0 Å². The zero-order valence-electron chi connectivity index (χ0n) is 15.1. The Morgan fingerprint density at radius 2 is 1.44 bits per heavy atom. The quantitative estimate of drug-likeness (QED) is 0.425. The summed E-state index contributed by atoms with van der Waals surface area (Å²) >= 11 is 0. The van der Waals surface area contributed by atoms with Gasteiger partial charge in [0.2, 0.25) is 0 Å². The van der Waals surface area contributed by atoms with Crippen molar-refractivity contribution in [1.29, 1.82) is 0 Å². The monoisotopic (exact) mass is 350 g/mol. The molecule has 1 spiro atoms. The van der Waals surface area contributed by atoms with Crippen LogP contribution in [-0.4, -0.2) is 0 Å². The van der Waals surface area contributed by atoms with Crippen LogP contribution in [0.4, 0.5) is 4.39 Å². The number of rotatable bonds is 0. The molecule has 0 heterocycles. The highest BCUT2D eigenvalue weighted by molar-refractivity contribution is 5.87. The van der Waals surface area contributed by atoms with E-state index in [4.69, 9.17) is 0 Å². The summed E-state index contributed by atoms with van der Waals surface area (Å²) in [6, 6.07) is 22.2. The largest absolute Gasteiger partial charge is 0.207 e. The van der Waals surface area contributed by atoms with Gasteiger partial charge in [-0.25, -0.2) is 4.39 Å². The Morgan fingerprint density at radius 1 is 0.704 bits per heavy atom. The van der Waals surface area contributed by atoms with Crippen molar-refractivity contribution >= 4 is 6.08 Å². The zero-order valence-corrected chi connectivity index (χ0v) is 15.1. The molecule has 0 amide bonds. The van der Waals surface area contributed by atoms with E-state index in [1.165, 1.54) is 22.3 Å². The second-order valence-corrected chi connectivity index (χ2v) is 7.17. The van der Waals surface area contributed by atoms with Gasteiger partial charge in [0.25, 0.3) is 0 Å². The summed E-state index contributed by atoms with van der Waals surface area (Å²) in [7, 11) is 0. The van der Waals surface area contributed by atoms with Crippen molar-refractivity contribution in [3.63, 3.8) is 0 Å². The van der Waals surface area contributed by atoms with E-state index in [2.05, 4.69) is 79.8 Å². The highest BCUT2D eigenvalue weighted by atomic mass is 19.1. The van der Waals surface area contributed by atoms with E-state index in [1.807, 2.05) is 12.1 Å². The summed E-state index contributed by atoms with van der Waals surface area (Å²) in [6.07, 6.45) is 10.6. The number of hydrogen-bond donors (Lipinski definition) is 0. The molecular weight excluding hydrogens is 331 g/mol. The zero-order chi connectivity index (χ0) is 18.4. The lowest BCUT2D eigenvalue weighted by Gasteiger charge is -2.35. The van der Waals surface area contributed by atoms with Gasteiger partial charge >= 0.3 is 0 Å². The Hall–Kier alpha value is -3.19. The molecule has 0 aromatic heterocycles. The third kappa shape index (κ3) is 2.15. The summed E-state index contributed by atoms with van der Waals surface area (Å²) in [5, 5.41) is 0. The van der Waals surface area contributed by atoms with E-state index in [1.54, 1.807) is 12.1 Å². The molecule has 5 rings (SSSR count). The number of fused-ring (bicyclic) bond motifs is 7. The van der Waals surface area contributed by atoms with Gasteiger partial charge in [-0.3, -0.25) is 0 Å². The fourth-order valence-corrected chi connectivity index (χ4v) is 4.72. The maximum Gasteiger partial charge on any atom is 0.123 e. The first kappa shape index (κ1) is 16.0. The molecule has 3 aromatic carbocycles. The third-order valence-corrected chi connectivity index (χ3v) is 5.81. The van der Waals surface area contributed by atoms with Gasteiger partial charge in [-0.05, 0) is 52.4 Å². The van der Waals surface area contributed by atoms with Gasteiger partial charge in [0.15, 0.2) is 0 Å². The van der Waals surface area contributed by atoms with Gasteiger partial charge in [0, 0.05) is 0 Å². The minimum absolute atomic E-state index is 0.196. The van der Waals surface area contributed by atoms with Crippen molar-refractivity contribution in [1.82, 2.24) is 0 Å². The number of hydrogen-bond acceptors (Lipinski definition) is 0. The summed E-state index contributed by atoms with van der Waals surface area (Å²) < 4.78 is 14.2. The average molecular weight is 350 g/mol. The molecule has 1 atom stereocenters. The van der Waals surface area contributed by atoms with Crippen LogP contribution in [0.2, 0.25) is 0 Å². The van der Waals surface area contributed by atoms with Crippen LogP contribution in [0.15, 0.2) is 96.6 Å². The summed E-state index contributed by atoms with van der Waals surface area (Å²) in [4.78, 5) is 0. The first-order valence-corrected chi connectivity index (χ1v) is 9.24. The summed E-state index contributed by atoms with van der Waals surface area (Å²) in [5.74, 6) is -0.196. The summed E-state index contributed by atoms with van der Waals surface area (Å²) in [6.45, 7) is 2.18. The molecule has 3 aromatic rings. The van der Waals surface area contributed by atoms with E-state index in [-0.39, 0.29) is 5.82 Å². The Morgan fingerprint density at radius 3 is 2.33 bits per heavy atom. The van der Waals surface area contributed by atoms with Crippen LogP contribution in [-0.2, 0) is 5.41 Å². The molecule has 0 aliphatic heterocycles. The Bertz CT molecular complexity index is 1150. The van der Waals surface area contributed by atoms with Crippen LogP contribution >= 0.6 is 0 Å². The maximum atomic E-state index is 14.2. The molecule has 130 valence electrons. The van der Waals surface area contributed by atoms with Crippen molar-refractivity contribution in [3.05, 3.63) is 125 Å². The highest BCUT2D eigenvalue weighted by Gasteiger charge is 2.46. The number of halogens is 1. The lowest BCUT2D eigenvalue weighted by molar-refractivity contribution is 0.626. The molecule has 2 aliphatic rings. The highest BCUT2D eigenvalue weighted by Crippen LogP contribution is 2.57. The molecule has 1 unspecified atom stereocenters. The van der Waals surface area contributed by atoms with Crippen LogP contribution in [0.1, 0.15) is 29.2 Å². The number of allylic oxidation sites excluding steroid dienone is 5. The molecular formula is C26H19F. The van der Waals surface area contributed by atoms with E-state index in [0.29, 0.717) is 0 Å². The third-order valence-electron chi connectivity index (χ3n) is 5.81. The first-order chi connectivity index (χ1) is 13.2. The second-order valence-electron chi connectivity index (χ2n) is 7.17. The first-order valence-electron chi connectivity index (χ1n) is 9.24. The molecule has 0 nitrogen and oxygen atoms in total. The molecule has 27 heavy (non-hydrogen) atoms. The van der Waals surface area contributed by atoms with Crippen LogP contribution in [0.5, 0.6) is 0 Å². The lowest BCUT2D eigenvalue weighted by atomic mass is 9.66. The minimum atomic E-state index is -0.421. The smallest absolute Gasteiger partial charge is 0.123 e. The lowest BCUT2D eigenvalue weighted by Crippen LogP contribution is -2.29. The average Bonchev–Trinajstić information content (AvgIpc) is 3.01. The SMILES string of the molecule is C\C1=C/C=C\C=C\c2ccccc2C12c1ccccc1-c1cc(F)ccc12. The Kier molecular flexibility index (Phi) is 3.51. The molecule has 0 radical (unpaired) electrons. The molecule has 0 N–H and O–H groups in total. The van der Waals surface area contributed by atoms with Gasteiger partial charge in [-0.1, -0.05) is 90.6 Å². The molecule has 0 saturated heterocycles. The van der Waals surface area contributed by atoms with Crippen molar-refractivity contribution in [3.8, 4) is 11.1 Å². The Balaban J connectivity index is 2.00. The van der Waals surface area contributed by atoms with Crippen molar-refractivity contribution < 1.29 is 4.39 Å². The van der Waals surface area contributed by atoms with Crippen LogP contribution in [0.3, 0.4) is 0 Å². The van der Waals surface area contributed by atoms with E-state index >= 15 is 0 Å². The van der Waals surface area contributed by atoms with Crippen molar-refractivity contribution in [2.45, 2.75) is 12.3 Å². The van der Waals surface area contributed by atoms with Crippen LogP contribution in [0.25, 0.3) is 17.2 Å². The molecule has 0 fully saturated rings. The standard InChI is InChI=1S/C26H19F/c1-18-9-3-2-4-10-19-11-5-7-13-23(19)26(18)24-14-8-6-12-21(24)22-17-20(27)15-16-25(22)26/h2-17H,1H3/b3-2-,10-4+,18-9+. The summed E-state index contributed by atoms with van der Waals surface area (Å²) in [5.41, 5.74) is 7.69. The number of benzene rings is 3. The van der Waals surface area contributed by atoms with Crippen molar-refractivity contribution in [2.75, 3.05) is 0 Å². The maximum absolute atomic E-state index is 14.2. The fraction of sp³-hybridized carbons (Fsp3) is 0.0769. The topological polar surface area (TPSA) is 0 Å². The Labute approximate surface area is 159 Å². The fourth-order valence-electron chi connectivity index (χ4n) is 4.72.